The minimum atomic E-state index is -0.229. The predicted octanol–water partition coefficient (Wildman–Crippen LogP) is 2.31. The Morgan fingerprint density at radius 2 is 2.30 bits per heavy atom. The number of carbonyl (C=O) groups excluding carboxylic acids is 1. The SMILES string of the molecule is CCCCC(NCC1Cc2ccccc2O1)C(=O)OC. The summed E-state index contributed by atoms with van der Waals surface area (Å²) in [6, 6.07) is 7.85. The summed E-state index contributed by atoms with van der Waals surface area (Å²) in [6.45, 7) is 2.78. The molecule has 0 saturated carbocycles. The van der Waals surface area contributed by atoms with Gasteiger partial charge in [-0.05, 0) is 18.1 Å². The normalized spacial score (nSPS) is 18.2. The minimum absolute atomic E-state index is 0.0983. The molecule has 20 heavy (non-hydrogen) atoms. The maximum Gasteiger partial charge on any atom is 0.322 e. The van der Waals surface area contributed by atoms with Gasteiger partial charge < -0.3 is 14.8 Å². The Labute approximate surface area is 120 Å². The lowest BCUT2D eigenvalue weighted by molar-refractivity contribution is -0.143. The van der Waals surface area contributed by atoms with Crippen molar-refractivity contribution in [2.45, 2.75) is 44.8 Å². The standard InChI is InChI=1S/C16H23NO3/c1-3-4-8-14(16(18)19-2)17-11-13-10-12-7-5-6-9-15(12)20-13/h5-7,9,13-14,17H,3-4,8,10-11H2,1-2H3. The minimum Gasteiger partial charge on any atom is -0.488 e. The van der Waals surface area contributed by atoms with E-state index in [9.17, 15) is 4.79 Å². The zero-order valence-electron chi connectivity index (χ0n) is 12.2. The van der Waals surface area contributed by atoms with Crippen LogP contribution in [-0.2, 0) is 16.0 Å². The van der Waals surface area contributed by atoms with Crippen LogP contribution in [0.15, 0.2) is 24.3 Å². The lowest BCUT2D eigenvalue weighted by atomic mass is 10.1. The Kier molecular flexibility index (Phi) is 5.41. The molecule has 1 aliphatic rings. The van der Waals surface area contributed by atoms with Gasteiger partial charge in [-0.2, -0.15) is 0 Å². The smallest absolute Gasteiger partial charge is 0.322 e. The molecule has 0 aromatic heterocycles. The van der Waals surface area contributed by atoms with Crippen LogP contribution in [0.4, 0.5) is 0 Å². The van der Waals surface area contributed by atoms with E-state index in [2.05, 4.69) is 18.3 Å². The number of hydrogen-bond acceptors (Lipinski definition) is 4. The molecular weight excluding hydrogens is 254 g/mol. The number of nitrogens with one attached hydrogen (secondary N) is 1. The van der Waals surface area contributed by atoms with Crippen LogP contribution in [0.2, 0.25) is 0 Å². The number of methoxy groups -OCH3 is 1. The highest BCUT2D eigenvalue weighted by Gasteiger charge is 2.25. The molecule has 2 unspecified atom stereocenters. The lowest BCUT2D eigenvalue weighted by Crippen LogP contribution is -2.42. The van der Waals surface area contributed by atoms with Gasteiger partial charge in [-0.25, -0.2) is 0 Å². The summed E-state index contributed by atoms with van der Waals surface area (Å²) >= 11 is 0. The number of ether oxygens (including phenoxy) is 2. The van der Waals surface area contributed by atoms with Crippen LogP contribution >= 0.6 is 0 Å². The molecule has 0 aliphatic carbocycles. The summed E-state index contributed by atoms with van der Waals surface area (Å²) in [5.41, 5.74) is 1.24. The largest absolute Gasteiger partial charge is 0.488 e. The maximum absolute atomic E-state index is 11.7. The molecule has 1 aliphatic heterocycles. The second-order valence-corrected chi connectivity index (χ2v) is 5.18. The van der Waals surface area contributed by atoms with Crippen LogP contribution in [0.5, 0.6) is 5.75 Å². The van der Waals surface area contributed by atoms with Gasteiger partial charge in [0.1, 0.15) is 17.9 Å². The van der Waals surface area contributed by atoms with Crippen LogP contribution < -0.4 is 10.1 Å². The van der Waals surface area contributed by atoms with E-state index in [0.29, 0.717) is 6.54 Å². The molecule has 0 amide bonds. The van der Waals surface area contributed by atoms with E-state index in [0.717, 1.165) is 31.4 Å². The molecule has 4 heteroatoms. The number of para-hydroxylation sites is 1. The lowest BCUT2D eigenvalue weighted by Gasteiger charge is -2.18. The summed E-state index contributed by atoms with van der Waals surface area (Å²) in [4.78, 5) is 11.7. The van der Waals surface area contributed by atoms with Gasteiger partial charge in [0, 0.05) is 13.0 Å². The third kappa shape index (κ3) is 3.73. The first kappa shape index (κ1) is 14.9. The Hall–Kier alpha value is -1.55. The Balaban J connectivity index is 1.83. The van der Waals surface area contributed by atoms with Crippen LogP contribution in [0.1, 0.15) is 31.7 Å². The molecule has 2 atom stereocenters. The summed E-state index contributed by atoms with van der Waals surface area (Å²) in [5.74, 6) is 0.774. The average Bonchev–Trinajstić information content (AvgIpc) is 2.89. The highest BCUT2D eigenvalue weighted by atomic mass is 16.5. The Bertz CT molecular complexity index is 422. The van der Waals surface area contributed by atoms with Crippen molar-refractivity contribution >= 4 is 5.97 Å². The molecule has 0 saturated heterocycles. The second-order valence-electron chi connectivity index (χ2n) is 5.18. The molecule has 1 aromatic rings. The van der Waals surface area contributed by atoms with Crippen molar-refractivity contribution in [3.63, 3.8) is 0 Å². The van der Waals surface area contributed by atoms with Crippen molar-refractivity contribution in [1.29, 1.82) is 0 Å². The molecule has 4 nitrogen and oxygen atoms in total. The summed E-state index contributed by atoms with van der Waals surface area (Å²) in [7, 11) is 1.44. The molecule has 1 heterocycles. The summed E-state index contributed by atoms with van der Waals surface area (Å²) in [5, 5.41) is 3.28. The Morgan fingerprint density at radius 1 is 1.50 bits per heavy atom. The third-order valence-electron chi connectivity index (χ3n) is 3.64. The van der Waals surface area contributed by atoms with E-state index in [4.69, 9.17) is 9.47 Å². The number of carbonyl (C=O) groups is 1. The Morgan fingerprint density at radius 3 is 3.00 bits per heavy atom. The molecule has 1 aromatic carbocycles. The maximum atomic E-state index is 11.7. The van der Waals surface area contributed by atoms with Gasteiger partial charge in [0.05, 0.1) is 7.11 Å². The molecule has 1 N–H and O–H groups in total. The van der Waals surface area contributed by atoms with E-state index in [1.165, 1.54) is 12.7 Å². The van der Waals surface area contributed by atoms with Gasteiger partial charge in [0.2, 0.25) is 0 Å². The summed E-state index contributed by atoms with van der Waals surface area (Å²) in [6.07, 6.45) is 3.88. The number of esters is 1. The second kappa shape index (κ2) is 7.29. The molecule has 2 rings (SSSR count). The molecule has 0 radical (unpaired) electrons. The number of hydrogen-bond donors (Lipinski definition) is 1. The monoisotopic (exact) mass is 277 g/mol. The van der Waals surface area contributed by atoms with Crippen LogP contribution in [0, 0.1) is 0 Å². The van der Waals surface area contributed by atoms with Gasteiger partial charge >= 0.3 is 5.97 Å². The fraction of sp³-hybridized carbons (Fsp3) is 0.562. The van der Waals surface area contributed by atoms with E-state index >= 15 is 0 Å². The van der Waals surface area contributed by atoms with Crippen molar-refractivity contribution in [2.24, 2.45) is 0 Å². The first-order valence-corrected chi connectivity index (χ1v) is 7.30. The van der Waals surface area contributed by atoms with Gasteiger partial charge in [-0.3, -0.25) is 4.79 Å². The van der Waals surface area contributed by atoms with E-state index in [1.807, 2.05) is 18.2 Å². The molecular formula is C16H23NO3. The first-order chi connectivity index (χ1) is 9.74. The molecule has 110 valence electrons. The zero-order valence-corrected chi connectivity index (χ0v) is 12.2. The van der Waals surface area contributed by atoms with Crippen LogP contribution in [0.3, 0.4) is 0 Å². The van der Waals surface area contributed by atoms with Crippen molar-refractivity contribution in [3.8, 4) is 5.75 Å². The third-order valence-corrected chi connectivity index (χ3v) is 3.64. The van der Waals surface area contributed by atoms with Gasteiger partial charge in [-0.1, -0.05) is 38.0 Å². The molecule has 0 bridgehead atoms. The fourth-order valence-corrected chi connectivity index (χ4v) is 2.50. The fourth-order valence-electron chi connectivity index (χ4n) is 2.50. The number of benzene rings is 1. The van der Waals surface area contributed by atoms with Crippen molar-refractivity contribution in [1.82, 2.24) is 5.32 Å². The van der Waals surface area contributed by atoms with Gasteiger partial charge in [-0.15, -0.1) is 0 Å². The van der Waals surface area contributed by atoms with Crippen molar-refractivity contribution < 1.29 is 14.3 Å². The highest BCUT2D eigenvalue weighted by Crippen LogP contribution is 2.27. The molecule has 0 spiro atoms. The molecule has 0 fully saturated rings. The topological polar surface area (TPSA) is 47.6 Å². The summed E-state index contributed by atoms with van der Waals surface area (Å²) < 4.78 is 10.7. The van der Waals surface area contributed by atoms with E-state index in [1.54, 1.807) is 0 Å². The van der Waals surface area contributed by atoms with Gasteiger partial charge in [0.25, 0.3) is 0 Å². The van der Waals surface area contributed by atoms with Crippen LogP contribution in [-0.4, -0.2) is 31.8 Å². The number of fused-ring (bicyclic) bond motifs is 1. The number of rotatable bonds is 7. The quantitative estimate of drug-likeness (QED) is 0.777. The van der Waals surface area contributed by atoms with Crippen molar-refractivity contribution in [2.75, 3.05) is 13.7 Å². The average molecular weight is 277 g/mol. The predicted molar refractivity (Wildman–Crippen MR) is 77.9 cm³/mol. The first-order valence-electron chi connectivity index (χ1n) is 7.30. The van der Waals surface area contributed by atoms with Gasteiger partial charge in [0.15, 0.2) is 0 Å². The number of unbranched alkanes of at least 4 members (excludes halogenated alkanes) is 1. The van der Waals surface area contributed by atoms with E-state index < -0.39 is 0 Å². The zero-order chi connectivity index (χ0) is 14.4. The highest BCUT2D eigenvalue weighted by molar-refractivity contribution is 5.75. The van der Waals surface area contributed by atoms with Crippen LogP contribution in [0.25, 0.3) is 0 Å². The van der Waals surface area contributed by atoms with Crippen molar-refractivity contribution in [3.05, 3.63) is 29.8 Å². The van der Waals surface area contributed by atoms with E-state index in [-0.39, 0.29) is 18.1 Å².